The molecule has 0 heterocycles. The number of amides is 2. The number of hydrogen-bond acceptors (Lipinski definition) is 3. The van der Waals surface area contributed by atoms with E-state index < -0.39 is 6.10 Å². The Morgan fingerprint density at radius 3 is 2.71 bits per heavy atom. The number of methoxy groups -OCH3 is 1. The van der Waals surface area contributed by atoms with Gasteiger partial charge in [-0.2, -0.15) is 0 Å². The number of rotatable bonds is 7. The highest BCUT2D eigenvalue weighted by Gasteiger charge is 2.10. The van der Waals surface area contributed by atoms with Gasteiger partial charge in [0.05, 0.1) is 13.2 Å². The van der Waals surface area contributed by atoms with Gasteiger partial charge in [0.1, 0.15) is 5.75 Å². The van der Waals surface area contributed by atoms with E-state index in [0.29, 0.717) is 29.7 Å². The van der Waals surface area contributed by atoms with E-state index in [1.54, 1.807) is 25.3 Å². The zero-order valence-corrected chi connectivity index (χ0v) is 13.4. The molecule has 0 fully saturated rings. The van der Waals surface area contributed by atoms with E-state index in [-0.39, 0.29) is 12.6 Å². The van der Waals surface area contributed by atoms with Crippen LogP contribution in [0.1, 0.15) is 25.8 Å². The van der Waals surface area contributed by atoms with Gasteiger partial charge in [-0.25, -0.2) is 4.79 Å². The molecule has 0 spiro atoms. The van der Waals surface area contributed by atoms with Crippen molar-refractivity contribution in [3.63, 3.8) is 0 Å². The molecular weight excluding hydrogens is 292 g/mol. The van der Waals surface area contributed by atoms with Crippen molar-refractivity contribution in [2.75, 3.05) is 13.7 Å². The summed E-state index contributed by atoms with van der Waals surface area (Å²) in [6.07, 6.45) is 0.131. The molecule has 0 aliphatic carbocycles. The van der Waals surface area contributed by atoms with Crippen LogP contribution in [0.15, 0.2) is 18.2 Å². The zero-order chi connectivity index (χ0) is 15.8. The van der Waals surface area contributed by atoms with Crippen molar-refractivity contribution in [3.05, 3.63) is 28.8 Å². The maximum Gasteiger partial charge on any atom is 0.315 e. The molecule has 1 aromatic rings. The maximum atomic E-state index is 11.7. The number of carbonyl (C=O) groups excluding carboxylic acids is 1. The summed E-state index contributed by atoms with van der Waals surface area (Å²) in [5, 5.41) is 15.6. The third-order valence-corrected chi connectivity index (χ3v) is 3.17. The molecule has 0 aliphatic heterocycles. The van der Waals surface area contributed by atoms with Crippen LogP contribution in [0, 0.1) is 5.92 Å². The summed E-state index contributed by atoms with van der Waals surface area (Å²) >= 11 is 5.88. The third-order valence-electron chi connectivity index (χ3n) is 2.93. The highest BCUT2D eigenvalue weighted by molar-refractivity contribution is 6.30. The van der Waals surface area contributed by atoms with Crippen molar-refractivity contribution < 1.29 is 14.6 Å². The van der Waals surface area contributed by atoms with Gasteiger partial charge in [0.25, 0.3) is 0 Å². The summed E-state index contributed by atoms with van der Waals surface area (Å²) in [6, 6.07) is 4.92. The number of benzene rings is 1. The molecule has 1 atom stereocenters. The molecule has 6 heteroatoms. The lowest BCUT2D eigenvalue weighted by molar-refractivity contribution is 0.147. The SMILES string of the molecule is COc1cc(Cl)ccc1CNC(=O)NCC(O)CC(C)C. The largest absolute Gasteiger partial charge is 0.496 e. The fourth-order valence-corrected chi connectivity index (χ4v) is 2.10. The number of urea groups is 1. The second kappa shape index (κ2) is 8.74. The summed E-state index contributed by atoms with van der Waals surface area (Å²) in [7, 11) is 1.55. The predicted molar refractivity (Wildman–Crippen MR) is 83.7 cm³/mol. The van der Waals surface area contributed by atoms with Crippen molar-refractivity contribution in [2.45, 2.75) is 32.9 Å². The molecule has 5 nitrogen and oxygen atoms in total. The molecule has 1 unspecified atom stereocenters. The van der Waals surface area contributed by atoms with Gasteiger partial charge < -0.3 is 20.5 Å². The molecule has 0 aliphatic rings. The average Bonchev–Trinajstić information content (AvgIpc) is 2.42. The number of aliphatic hydroxyl groups excluding tert-OH is 1. The fourth-order valence-electron chi connectivity index (χ4n) is 1.94. The Morgan fingerprint density at radius 2 is 2.10 bits per heavy atom. The smallest absolute Gasteiger partial charge is 0.315 e. The van der Waals surface area contributed by atoms with Crippen LogP contribution in [0.4, 0.5) is 4.79 Å². The Hall–Kier alpha value is -1.46. The van der Waals surface area contributed by atoms with E-state index in [0.717, 1.165) is 5.56 Å². The van der Waals surface area contributed by atoms with Gasteiger partial charge in [-0.05, 0) is 24.5 Å². The number of carbonyl (C=O) groups is 1. The van der Waals surface area contributed by atoms with Gasteiger partial charge in [-0.3, -0.25) is 0 Å². The standard InChI is InChI=1S/C15H23ClN2O3/c1-10(2)6-13(19)9-18-15(20)17-8-11-4-5-12(16)7-14(11)21-3/h4-5,7,10,13,19H,6,8-9H2,1-3H3,(H2,17,18,20). The molecule has 0 aromatic heterocycles. The van der Waals surface area contributed by atoms with Crippen LogP contribution >= 0.6 is 11.6 Å². The molecule has 3 N–H and O–H groups in total. The van der Waals surface area contributed by atoms with Gasteiger partial charge >= 0.3 is 6.03 Å². The maximum absolute atomic E-state index is 11.7. The highest BCUT2D eigenvalue weighted by Crippen LogP contribution is 2.22. The lowest BCUT2D eigenvalue weighted by Gasteiger charge is -2.15. The van der Waals surface area contributed by atoms with Gasteiger partial charge in [-0.15, -0.1) is 0 Å². The number of aliphatic hydroxyl groups is 1. The molecule has 2 amide bonds. The number of ether oxygens (including phenoxy) is 1. The third kappa shape index (κ3) is 6.69. The highest BCUT2D eigenvalue weighted by atomic mass is 35.5. The first-order valence-electron chi connectivity index (χ1n) is 6.94. The Labute approximate surface area is 130 Å². The molecule has 118 valence electrons. The Balaban J connectivity index is 2.39. The summed E-state index contributed by atoms with van der Waals surface area (Å²) < 4.78 is 5.20. The molecule has 0 bridgehead atoms. The predicted octanol–water partition coefficient (Wildman–Crippen LogP) is 2.55. The van der Waals surface area contributed by atoms with Crippen molar-refractivity contribution in [1.29, 1.82) is 0 Å². The van der Waals surface area contributed by atoms with E-state index in [1.165, 1.54) is 0 Å². The van der Waals surface area contributed by atoms with E-state index in [2.05, 4.69) is 10.6 Å². The monoisotopic (exact) mass is 314 g/mol. The Bertz CT molecular complexity index is 466. The van der Waals surface area contributed by atoms with E-state index in [4.69, 9.17) is 16.3 Å². The van der Waals surface area contributed by atoms with E-state index in [1.807, 2.05) is 13.8 Å². The quantitative estimate of drug-likeness (QED) is 0.724. The van der Waals surface area contributed by atoms with Crippen molar-refractivity contribution in [1.82, 2.24) is 10.6 Å². The second-order valence-corrected chi connectivity index (χ2v) is 5.74. The topological polar surface area (TPSA) is 70.6 Å². The Kier molecular flexibility index (Phi) is 7.32. The fraction of sp³-hybridized carbons (Fsp3) is 0.533. The minimum absolute atomic E-state index is 0.238. The van der Waals surface area contributed by atoms with Crippen LogP contribution in [0.2, 0.25) is 5.02 Å². The number of nitrogens with one attached hydrogen (secondary N) is 2. The van der Waals surface area contributed by atoms with Crippen LogP contribution in [0.25, 0.3) is 0 Å². The normalized spacial score (nSPS) is 12.1. The first kappa shape index (κ1) is 17.6. The molecule has 0 radical (unpaired) electrons. The molecule has 1 aromatic carbocycles. The molecule has 1 rings (SSSR count). The lowest BCUT2D eigenvalue weighted by Crippen LogP contribution is -2.39. The first-order chi connectivity index (χ1) is 9.92. The number of halogens is 1. The van der Waals surface area contributed by atoms with Crippen LogP contribution in [-0.2, 0) is 6.54 Å². The van der Waals surface area contributed by atoms with Crippen molar-refractivity contribution >= 4 is 17.6 Å². The van der Waals surface area contributed by atoms with Crippen LogP contribution in [0.5, 0.6) is 5.75 Å². The molecule has 0 saturated heterocycles. The number of hydrogen-bond donors (Lipinski definition) is 3. The second-order valence-electron chi connectivity index (χ2n) is 5.30. The first-order valence-corrected chi connectivity index (χ1v) is 7.32. The summed E-state index contributed by atoms with van der Waals surface area (Å²) in [4.78, 5) is 11.7. The van der Waals surface area contributed by atoms with E-state index in [9.17, 15) is 9.90 Å². The molecular formula is C15H23ClN2O3. The average molecular weight is 315 g/mol. The van der Waals surface area contributed by atoms with Gasteiger partial charge in [0.15, 0.2) is 0 Å². The van der Waals surface area contributed by atoms with Crippen molar-refractivity contribution in [2.24, 2.45) is 5.92 Å². The van der Waals surface area contributed by atoms with Crippen molar-refractivity contribution in [3.8, 4) is 5.75 Å². The van der Waals surface area contributed by atoms with Gasteiger partial charge in [0.2, 0.25) is 0 Å². The summed E-state index contributed by atoms with van der Waals surface area (Å²) in [5.74, 6) is 1.02. The van der Waals surface area contributed by atoms with Crippen LogP contribution in [0.3, 0.4) is 0 Å². The van der Waals surface area contributed by atoms with Crippen LogP contribution in [-0.4, -0.2) is 30.9 Å². The summed E-state index contributed by atoms with van der Waals surface area (Å²) in [5.41, 5.74) is 0.833. The molecule has 21 heavy (non-hydrogen) atoms. The van der Waals surface area contributed by atoms with Gasteiger partial charge in [-0.1, -0.05) is 31.5 Å². The molecule has 0 saturated carbocycles. The minimum atomic E-state index is -0.527. The van der Waals surface area contributed by atoms with E-state index >= 15 is 0 Å². The zero-order valence-electron chi connectivity index (χ0n) is 12.6. The lowest BCUT2D eigenvalue weighted by atomic mass is 10.1. The van der Waals surface area contributed by atoms with Gasteiger partial charge in [0, 0.05) is 23.7 Å². The minimum Gasteiger partial charge on any atom is -0.496 e. The summed E-state index contributed by atoms with van der Waals surface area (Å²) in [6.45, 7) is 4.61. The van der Waals surface area contributed by atoms with Crippen LogP contribution < -0.4 is 15.4 Å². The Morgan fingerprint density at radius 1 is 1.38 bits per heavy atom.